The molecule has 0 saturated carbocycles. The van der Waals surface area contributed by atoms with Gasteiger partial charge in [0, 0.05) is 26.2 Å². The van der Waals surface area contributed by atoms with E-state index in [2.05, 4.69) is 22.3 Å². The lowest BCUT2D eigenvalue weighted by molar-refractivity contribution is -0.122. The van der Waals surface area contributed by atoms with Crippen molar-refractivity contribution in [3.05, 3.63) is 59.7 Å². The highest BCUT2D eigenvalue weighted by molar-refractivity contribution is 7.92. The number of carbonyl (C=O) groups is 1. The van der Waals surface area contributed by atoms with Crippen molar-refractivity contribution in [2.45, 2.75) is 26.1 Å². The molecule has 1 amide bonds. The van der Waals surface area contributed by atoms with Gasteiger partial charge in [0.1, 0.15) is 11.8 Å². The summed E-state index contributed by atoms with van der Waals surface area (Å²) in [5.74, 6) is 0.236. The first-order valence-electron chi connectivity index (χ1n) is 10.6. The second kappa shape index (κ2) is 10.8. The van der Waals surface area contributed by atoms with E-state index in [0.29, 0.717) is 18.0 Å². The molecule has 8 nitrogen and oxygen atoms in total. The van der Waals surface area contributed by atoms with Crippen LogP contribution in [0.4, 0.5) is 5.69 Å². The second-order valence-electron chi connectivity index (χ2n) is 7.86. The molecule has 1 atom stereocenters. The summed E-state index contributed by atoms with van der Waals surface area (Å²) in [6.07, 6.45) is 1.09. The third kappa shape index (κ3) is 6.44. The van der Waals surface area contributed by atoms with E-state index in [1.54, 1.807) is 31.2 Å². The summed E-state index contributed by atoms with van der Waals surface area (Å²) in [4.78, 5) is 15.1. The molecule has 0 bridgehead atoms. The first-order valence-corrected chi connectivity index (χ1v) is 12.4. The average molecular weight is 462 g/mol. The van der Waals surface area contributed by atoms with E-state index in [9.17, 15) is 13.2 Å². The van der Waals surface area contributed by atoms with E-state index in [4.69, 9.17) is 9.47 Å². The lowest BCUT2D eigenvalue weighted by Gasteiger charge is -2.28. The maximum atomic E-state index is 12.8. The van der Waals surface area contributed by atoms with Crippen LogP contribution in [-0.4, -0.2) is 64.9 Å². The molecule has 1 fully saturated rings. The SMILES string of the molecule is COc1ccc(N([C@H](C)C(=O)NCc2ccc(CN3CCOCC3)cc2)S(C)(=O)=O)cc1. The Morgan fingerprint density at radius 2 is 1.69 bits per heavy atom. The van der Waals surface area contributed by atoms with Crippen LogP contribution in [-0.2, 0) is 32.6 Å². The summed E-state index contributed by atoms with van der Waals surface area (Å²) in [5.41, 5.74) is 2.56. The van der Waals surface area contributed by atoms with Crippen LogP contribution < -0.4 is 14.4 Å². The highest BCUT2D eigenvalue weighted by Crippen LogP contribution is 2.24. The number of benzene rings is 2. The van der Waals surface area contributed by atoms with Crippen molar-refractivity contribution in [2.24, 2.45) is 0 Å². The first kappa shape index (κ1) is 24.0. The summed E-state index contributed by atoms with van der Waals surface area (Å²) in [6.45, 7) is 6.17. The Kier molecular flexibility index (Phi) is 8.11. The van der Waals surface area contributed by atoms with E-state index >= 15 is 0 Å². The Hall–Kier alpha value is -2.62. The number of nitrogens with one attached hydrogen (secondary N) is 1. The van der Waals surface area contributed by atoms with Crippen molar-refractivity contribution in [1.82, 2.24) is 10.2 Å². The number of sulfonamides is 1. The minimum absolute atomic E-state index is 0.321. The van der Waals surface area contributed by atoms with Gasteiger partial charge >= 0.3 is 0 Å². The zero-order valence-electron chi connectivity index (χ0n) is 18.8. The number of anilines is 1. The number of amides is 1. The molecular formula is C23H31N3O5S. The van der Waals surface area contributed by atoms with Crippen LogP contribution in [0, 0.1) is 0 Å². The molecule has 0 spiro atoms. The Morgan fingerprint density at radius 1 is 1.09 bits per heavy atom. The van der Waals surface area contributed by atoms with Crippen LogP contribution in [0.25, 0.3) is 0 Å². The van der Waals surface area contributed by atoms with Gasteiger partial charge in [0.2, 0.25) is 15.9 Å². The van der Waals surface area contributed by atoms with Gasteiger partial charge in [-0.05, 0) is 42.3 Å². The van der Waals surface area contributed by atoms with Crippen LogP contribution in [0.1, 0.15) is 18.1 Å². The van der Waals surface area contributed by atoms with Crippen molar-refractivity contribution >= 4 is 21.6 Å². The van der Waals surface area contributed by atoms with Gasteiger partial charge in [-0.1, -0.05) is 24.3 Å². The molecule has 1 aliphatic heterocycles. The first-order chi connectivity index (χ1) is 15.3. The maximum absolute atomic E-state index is 12.8. The molecule has 0 aliphatic carbocycles. The third-order valence-corrected chi connectivity index (χ3v) is 6.66. The molecule has 2 aromatic rings. The number of ether oxygens (including phenoxy) is 2. The fourth-order valence-corrected chi connectivity index (χ4v) is 4.83. The normalized spacial score (nSPS) is 15.7. The molecule has 3 rings (SSSR count). The van der Waals surface area contributed by atoms with E-state index in [1.165, 1.54) is 12.7 Å². The zero-order valence-corrected chi connectivity index (χ0v) is 19.6. The maximum Gasteiger partial charge on any atom is 0.243 e. The standard InChI is InChI=1S/C23H31N3O5S/c1-18(26(32(3,28)29)21-8-10-22(30-2)11-9-21)23(27)24-16-19-4-6-20(7-5-19)17-25-12-14-31-15-13-25/h4-11,18H,12-17H2,1-3H3,(H,24,27)/t18-/m1/s1. The minimum atomic E-state index is -3.67. The predicted octanol–water partition coefficient (Wildman–Crippen LogP) is 2.00. The monoisotopic (exact) mass is 461 g/mol. The number of morpholine rings is 1. The molecule has 0 aromatic heterocycles. The number of hydrogen-bond acceptors (Lipinski definition) is 6. The van der Waals surface area contributed by atoms with Gasteiger partial charge in [-0.2, -0.15) is 0 Å². The van der Waals surface area contributed by atoms with E-state index < -0.39 is 16.1 Å². The van der Waals surface area contributed by atoms with Gasteiger partial charge in [-0.3, -0.25) is 14.0 Å². The number of methoxy groups -OCH3 is 1. The topological polar surface area (TPSA) is 88.2 Å². The van der Waals surface area contributed by atoms with Crippen molar-refractivity contribution < 1.29 is 22.7 Å². The van der Waals surface area contributed by atoms with Gasteiger partial charge in [-0.25, -0.2) is 8.42 Å². The second-order valence-corrected chi connectivity index (χ2v) is 9.72. The van der Waals surface area contributed by atoms with Crippen molar-refractivity contribution in [2.75, 3.05) is 44.0 Å². The summed E-state index contributed by atoms with van der Waals surface area (Å²) < 4.78 is 36.4. The molecule has 1 aliphatic rings. The summed E-state index contributed by atoms with van der Waals surface area (Å²) in [7, 11) is -2.13. The average Bonchev–Trinajstić information content (AvgIpc) is 2.78. The van der Waals surface area contributed by atoms with Crippen LogP contribution in [0.5, 0.6) is 5.75 Å². The van der Waals surface area contributed by atoms with Crippen molar-refractivity contribution in [3.8, 4) is 5.75 Å². The smallest absolute Gasteiger partial charge is 0.243 e. The van der Waals surface area contributed by atoms with Crippen LogP contribution in [0.15, 0.2) is 48.5 Å². The molecular weight excluding hydrogens is 430 g/mol. The van der Waals surface area contributed by atoms with Gasteiger partial charge < -0.3 is 14.8 Å². The largest absolute Gasteiger partial charge is 0.497 e. The molecule has 174 valence electrons. The molecule has 1 N–H and O–H groups in total. The minimum Gasteiger partial charge on any atom is -0.497 e. The molecule has 2 aromatic carbocycles. The highest BCUT2D eigenvalue weighted by Gasteiger charge is 2.29. The number of carbonyl (C=O) groups excluding carboxylic acids is 1. The van der Waals surface area contributed by atoms with E-state index in [1.807, 2.05) is 12.1 Å². The molecule has 32 heavy (non-hydrogen) atoms. The summed E-state index contributed by atoms with van der Waals surface area (Å²) >= 11 is 0. The van der Waals surface area contributed by atoms with E-state index in [0.717, 1.165) is 49.0 Å². The third-order valence-electron chi connectivity index (χ3n) is 5.42. The number of hydrogen-bond donors (Lipinski definition) is 1. The predicted molar refractivity (Wildman–Crippen MR) is 124 cm³/mol. The fraction of sp³-hybridized carbons (Fsp3) is 0.435. The molecule has 0 unspecified atom stereocenters. The van der Waals surface area contributed by atoms with Crippen LogP contribution >= 0.6 is 0 Å². The molecule has 9 heteroatoms. The lowest BCUT2D eigenvalue weighted by atomic mass is 10.1. The number of rotatable bonds is 9. The summed E-state index contributed by atoms with van der Waals surface area (Å²) in [5, 5.41) is 2.85. The molecule has 1 saturated heterocycles. The van der Waals surface area contributed by atoms with E-state index in [-0.39, 0.29) is 5.91 Å². The Balaban J connectivity index is 1.60. The van der Waals surface area contributed by atoms with Gasteiger partial charge in [0.05, 0.1) is 32.3 Å². The molecule has 1 heterocycles. The zero-order chi connectivity index (χ0) is 23.1. The highest BCUT2D eigenvalue weighted by atomic mass is 32.2. The van der Waals surface area contributed by atoms with Crippen molar-refractivity contribution in [1.29, 1.82) is 0 Å². The fourth-order valence-electron chi connectivity index (χ4n) is 3.65. The van der Waals surface area contributed by atoms with Crippen LogP contribution in [0.2, 0.25) is 0 Å². The quantitative estimate of drug-likeness (QED) is 0.615. The molecule has 0 radical (unpaired) electrons. The van der Waals surface area contributed by atoms with Gasteiger partial charge in [0.25, 0.3) is 0 Å². The van der Waals surface area contributed by atoms with Gasteiger partial charge in [-0.15, -0.1) is 0 Å². The Morgan fingerprint density at radius 3 is 2.25 bits per heavy atom. The summed E-state index contributed by atoms with van der Waals surface area (Å²) in [6, 6.07) is 13.7. The Bertz CT molecular complexity index is 987. The van der Waals surface area contributed by atoms with Gasteiger partial charge in [0.15, 0.2) is 0 Å². The number of nitrogens with zero attached hydrogens (tertiary/aromatic N) is 2. The lowest BCUT2D eigenvalue weighted by Crippen LogP contribution is -2.47. The Labute approximate surface area is 190 Å². The van der Waals surface area contributed by atoms with Crippen LogP contribution in [0.3, 0.4) is 0 Å². The van der Waals surface area contributed by atoms with Crippen molar-refractivity contribution in [3.63, 3.8) is 0 Å².